The molecule has 3 aliphatic rings. The van der Waals surface area contributed by atoms with E-state index in [9.17, 15) is 0 Å². The van der Waals surface area contributed by atoms with Gasteiger partial charge >= 0.3 is 0 Å². The number of aryl methyl sites for hydroxylation is 1. The molecule has 2 aromatic carbocycles. The first-order valence-corrected chi connectivity index (χ1v) is 10.3. The fourth-order valence-corrected chi connectivity index (χ4v) is 4.80. The molecule has 0 spiro atoms. The van der Waals surface area contributed by atoms with Crippen LogP contribution in [0.15, 0.2) is 42.5 Å². The van der Waals surface area contributed by atoms with Gasteiger partial charge in [-0.15, -0.1) is 0 Å². The summed E-state index contributed by atoms with van der Waals surface area (Å²) in [6, 6.07) is 15.8. The Morgan fingerprint density at radius 1 is 0.926 bits per heavy atom. The number of nitrogens with zero attached hydrogens (tertiary/aromatic N) is 1. The van der Waals surface area contributed by atoms with Crippen molar-refractivity contribution in [2.45, 2.75) is 37.6 Å². The van der Waals surface area contributed by atoms with Crippen molar-refractivity contribution < 1.29 is 9.47 Å². The predicted molar refractivity (Wildman–Crippen MR) is 108 cm³/mol. The molecule has 1 fully saturated rings. The van der Waals surface area contributed by atoms with Crippen molar-refractivity contribution in [3.63, 3.8) is 0 Å². The van der Waals surface area contributed by atoms with Crippen LogP contribution in [0.25, 0.3) is 0 Å². The van der Waals surface area contributed by atoms with Gasteiger partial charge in [-0.1, -0.05) is 30.3 Å². The number of hydrogen-bond acceptors (Lipinski definition) is 4. The first-order chi connectivity index (χ1) is 13.4. The lowest BCUT2D eigenvalue weighted by Gasteiger charge is -2.36. The highest BCUT2D eigenvalue weighted by atomic mass is 16.6. The van der Waals surface area contributed by atoms with Crippen LogP contribution in [0.2, 0.25) is 0 Å². The van der Waals surface area contributed by atoms with E-state index in [2.05, 4.69) is 46.6 Å². The summed E-state index contributed by atoms with van der Waals surface area (Å²) >= 11 is 0. The Labute approximate surface area is 161 Å². The maximum Gasteiger partial charge on any atom is 0.184 e. The molecule has 27 heavy (non-hydrogen) atoms. The SMILES string of the molecule is c1ccc2c(c1)CCC2CNC1CCN(c2cccc3c2OCCO3)CC1. The van der Waals surface area contributed by atoms with E-state index in [-0.39, 0.29) is 0 Å². The minimum atomic E-state index is 0.616. The average Bonchev–Trinajstić information content (AvgIpc) is 3.15. The minimum Gasteiger partial charge on any atom is -0.486 e. The standard InChI is InChI=1S/C23H28N2O2/c1-2-5-20-17(4-1)8-9-18(20)16-24-19-10-12-25(13-11-19)21-6-3-7-22-23(21)27-15-14-26-22/h1-7,18-19,24H,8-16H2. The van der Waals surface area contributed by atoms with Crippen molar-refractivity contribution in [2.75, 3.05) is 37.7 Å². The third kappa shape index (κ3) is 3.39. The van der Waals surface area contributed by atoms with E-state index in [1.165, 1.54) is 31.4 Å². The van der Waals surface area contributed by atoms with Gasteiger partial charge in [0.15, 0.2) is 11.5 Å². The molecule has 2 aromatic rings. The average molecular weight is 364 g/mol. The fourth-order valence-electron chi connectivity index (χ4n) is 4.80. The lowest BCUT2D eigenvalue weighted by atomic mass is 9.99. The quantitative estimate of drug-likeness (QED) is 0.896. The molecule has 1 N–H and O–H groups in total. The fraction of sp³-hybridized carbons (Fsp3) is 0.478. The van der Waals surface area contributed by atoms with Gasteiger partial charge in [0.05, 0.1) is 5.69 Å². The van der Waals surface area contributed by atoms with Crippen molar-refractivity contribution >= 4 is 5.69 Å². The Morgan fingerprint density at radius 3 is 2.70 bits per heavy atom. The highest BCUT2D eigenvalue weighted by Crippen LogP contribution is 2.40. The van der Waals surface area contributed by atoms with Gasteiger partial charge in [-0.2, -0.15) is 0 Å². The summed E-state index contributed by atoms with van der Waals surface area (Å²) in [4.78, 5) is 2.45. The zero-order valence-electron chi connectivity index (χ0n) is 15.8. The Morgan fingerprint density at radius 2 is 1.78 bits per heavy atom. The van der Waals surface area contributed by atoms with Crippen LogP contribution in [0.1, 0.15) is 36.3 Å². The summed E-state index contributed by atoms with van der Waals surface area (Å²) < 4.78 is 11.6. The maximum atomic E-state index is 5.90. The highest BCUT2D eigenvalue weighted by Gasteiger charge is 2.26. The summed E-state index contributed by atoms with van der Waals surface area (Å²) in [6.07, 6.45) is 4.89. The Bertz CT molecular complexity index is 799. The highest BCUT2D eigenvalue weighted by molar-refractivity contribution is 5.65. The van der Waals surface area contributed by atoms with Crippen LogP contribution in [0.4, 0.5) is 5.69 Å². The summed E-state index contributed by atoms with van der Waals surface area (Å²) in [7, 11) is 0. The molecule has 0 amide bonds. The molecule has 4 heteroatoms. The minimum absolute atomic E-state index is 0.616. The van der Waals surface area contributed by atoms with Crippen LogP contribution in [0.5, 0.6) is 11.5 Å². The normalized spacial score (nSPS) is 21.9. The van der Waals surface area contributed by atoms with E-state index in [1.54, 1.807) is 11.1 Å². The van der Waals surface area contributed by atoms with Gasteiger partial charge in [0.25, 0.3) is 0 Å². The molecule has 0 aromatic heterocycles. The third-order valence-corrected chi connectivity index (χ3v) is 6.29. The molecule has 1 unspecified atom stereocenters. The van der Waals surface area contributed by atoms with Gasteiger partial charge in [-0.25, -0.2) is 0 Å². The molecule has 4 nitrogen and oxygen atoms in total. The molecule has 0 radical (unpaired) electrons. The number of rotatable bonds is 4. The molecule has 142 valence electrons. The van der Waals surface area contributed by atoms with Crippen LogP contribution in [0.3, 0.4) is 0 Å². The second-order valence-corrected chi connectivity index (χ2v) is 7.91. The van der Waals surface area contributed by atoms with Gasteiger partial charge in [-0.3, -0.25) is 0 Å². The topological polar surface area (TPSA) is 33.7 Å². The Kier molecular flexibility index (Phi) is 4.66. The van der Waals surface area contributed by atoms with Gasteiger partial charge in [0.2, 0.25) is 0 Å². The van der Waals surface area contributed by atoms with E-state index >= 15 is 0 Å². The maximum absolute atomic E-state index is 5.90. The van der Waals surface area contributed by atoms with Crippen LogP contribution in [-0.2, 0) is 6.42 Å². The van der Waals surface area contributed by atoms with E-state index < -0.39 is 0 Å². The van der Waals surface area contributed by atoms with Crippen molar-refractivity contribution in [3.8, 4) is 11.5 Å². The van der Waals surface area contributed by atoms with Gasteiger partial charge in [0.1, 0.15) is 13.2 Å². The molecular formula is C23H28N2O2. The number of benzene rings is 2. The van der Waals surface area contributed by atoms with Gasteiger partial charge in [-0.05, 0) is 54.9 Å². The Balaban J connectivity index is 1.17. The number of piperidine rings is 1. The zero-order chi connectivity index (χ0) is 18.1. The van der Waals surface area contributed by atoms with Crippen LogP contribution in [-0.4, -0.2) is 38.9 Å². The van der Waals surface area contributed by atoms with E-state index in [0.717, 1.165) is 31.1 Å². The lowest BCUT2D eigenvalue weighted by molar-refractivity contribution is 0.172. The van der Waals surface area contributed by atoms with Crippen molar-refractivity contribution in [2.24, 2.45) is 0 Å². The summed E-state index contributed by atoms with van der Waals surface area (Å²) in [5, 5.41) is 3.86. The molecule has 1 aliphatic carbocycles. The van der Waals surface area contributed by atoms with Gasteiger partial charge < -0.3 is 19.7 Å². The molecule has 5 rings (SSSR count). The predicted octanol–water partition coefficient (Wildman–Crippen LogP) is 3.75. The number of ether oxygens (including phenoxy) is 2. The van der Waals surface area contributed by atoms with Crippen LogP contribution in [0, 0.1) is 0 Å². The summed E-state index contributed by atoms with van der Waals surface area (Å²) in [5.41, 5.74) is 4.31. The van der Waals surface area contributed by atoms with Crippen LogP contribution < -0.4 is 19.7 Å². The second-order valence-electron chi connectivity index (χ2n) is 7.91. The largest absolute Gasteiger partial charge is 0.486 e. The molecule has 1 atom stereocenters. The van der Waals surface area contributed by atoms with E-state index in [0.29, 0.717) is 25.2 Å². The number of anilines is 1. The molecule has 0 saturated carbocycles. The van der Waals surface area contributed by atoms with Crippen molar-refractivity contribution in [3.05, 3.63) is 53.6 Å². The van der Waals surface area contributed by atoms with Gasteiger partial charge in [0, 0.05) is 25.7 Å². The number of hydrogen-bond donors (Lipinski definition) is 1. The molecule has 0 bridgehead atoms. The summed E-state index contributed by atoms with van der Waals surface area (Å²) in [6.45, 7) is 4.54. The zero-order valence-corrected chi connectivity index (χ0v) is 15.8. The smallest absolute Gasteiger partial charge is 0.184 e. The number of fused-ring (bicyclic) bond motifs is 2. The molecule has 1 saturated heterocycles. The monoisotopic (exact) mass is 364 g/mol. The lowest BCUT2D eigenvalue weighted by Crippen LogP contribution is -2.43. The molecular weight excluding hydrogens is 336 g/mol. The second kappa shape index (κ2) is 7.43. The van der Waals surface area contributed by atoms with Crippen LogP contribution >= 0.6 is 0 Å². The third-order valence-electron chi connectivity index (χ3n) is 6.29. The first-order valence-electron chi connectivity index (χ1n) is 10.3. The summed E-state index contributed by atoms with van der Waals surface area (Å²) in [5.74, 6) is 2.50. The Hall–Kier alpha value is -2.20. The first kappa shape index (κ1) is 16.9. The van der Waals surface area contributed by atoms with Crippen molar-refractivity contribution in [1.82, 2.24) is 5.32 Å². The molecule has 2 aliphatic heterocycles. The number of para-hydroxylation sites is 1. The van der Waals surface area contributed by atoms with Crippen molar-refractivity contribution in [1.29, 1.82) is 0 Å². The molecule has 2 heterocycles. The number of nitrogens with one attached hydrogen (secondary N) is 1. The van der Waals surface area contributed by atoms with E-state index in [1.807, 2.05) is 6.07 Å². The van der Waals surface area contributed by atoms with E-state index in [4.69, 9.17) is 9.47 Å².